The van der Waals surface area contributed by atoms with Crippen LogP contribution in [0.5, 0.6) is 5.75 Å². The van der Waals surface area contributed by atoms with Crippen molar-refractivity contribution in [2.75, 3.05) is 34.4 Å². The zero-order valence-corrected chi connectivity index (χ0v) is 20.2. The number of ether oxygens (including phenoxy) is 3. The molecule has 1 aromatic carbocycles. The molecule has 0 heterocycles. The third-order valence-electron chi connectivity index (χ3n) is 4.14. The molecule has 0 saturated heterocycles. The minimum Gasteiger partial charge on any atom is -0.496 e. The minimum absolute atomic E-state index is 0. The first-order valence-electron chi connectivity index (χ1n) is 9.07. The third-order valence-corrected chi connectivity index (χ3v) is 4.14. The van der Waals surface area contributed by atoms with Crippen molar-refractivity contribution < 1.29 is 19.0 Å². The molecule has 0 aliphatic rings. The Morgan fingerprint density at radius 1 is 1.18 bits per heavy atom. The molecular formula is C20H34IN3O4. The first kappa shape index (κ1) is 26.4. The predicted molar refractivity (Wildman–Crippen MR) is 123 cm³/mol. The summed E-state index contributed by atoms with van der Waals surface area (Å²) in [7, 11) is 4.59. The zero-order valence-electron chi connectivity index (χ0n) is 17.9. The maximum atomic E-state index is 11.9. The molecule has 0 amide bonds. The molecule has 1 aromatic rings. The molecule has 0 aliphatic carbocycles. The largest absolute Gasteiger partial charge is 0.496 e. The Balaban J connectivity index is 0.00000729. The van der Waals surface area contributed by atoms with Crippen LogP contribution in [-0.4, -0.2) is 52.5 Å². The van der Waals surface area contributed by atoms with Gasteiger partial charge in [0.1, 0.15) is 11.3 Å². The molecule has 7 nitrogen and oxygen atoms in total. The van der Waals surface area contributed by atoms with Gasteiger partial charge in [-0.05, 0) is 30.0 Å². The Labute approximate surface area is 185 Å². The lowest BCUT2D eigenvalue weighted by molar-refractivity contribution is 0.0205. The Morgan fingerprint density at radius 3 is 2.36 bits per heavy atom. The first-order valence-corrected chi connectivity index (χ1v) is 9.07. The number of esters is 1. The average Bonchev–Trinajstić information content (AvgIpc) is 2.64. The summed E-state index contributed by atoms with van der Waals surface area (Å²) in [5.41, 5.74) is 1.29. The Kier molecular flexibility index (Phi) is 12.1. The summed E-state index contributed by atoms with van der Waals surface area (Å²) < 4.78 is 15.6. The standard InChI is InChI=1S/C20H33N3O4.HI/c1-8-21-19(23-13-17(26-6)20(2,3)4)22-12-14-9-10-16(25-5)15(11-14)18(24)27-7;/h9-11,17H,8,12-13H2,1-7H3,(H2,21,22,23);1H. The molecule has 28 heavy (non-hydrogen) atoms. The number of hydrogen-bond donors (Lipinski definition) is 2. The van der Waals surface area contributed by atoms with Crippen LogP contribution in [0, 0.1) is 5.41 Å². The molecule has 1 atom stereocenters. The van der Waals surface area contributed by atoms with E-state index >= 15 is 0 Å². The average molecular weight is 507 g/mol. The van der Waals surface area contributed by atoms with Gasteiger partial charge in [-0.2, -0.15) is 0 Å². The summed E-state index contributed by atoms with van der Waals surface area (Å²) in [6.45, 7) is 10.2. The maximum absolute atomic E-state index is 11.9. The second-order valence-electron chi connectivity index (χ2n) is 7.19. The molecule has 160 valence electrons. The van der Waals surface area contributed by atoms with Gasteiger partial charge in [0.2, 0.25) is 0 Å². The number of carbonyl (C=O) groups is 1. The molecule has 0 saturated carbocycles. The van der Waals surface area contributed by atoms with E-state index in [-0.39, 0.29) is 35.5 Å². The zero-order chi connectivity index (χ0) is 20.4. The number of nitrogens with zero attached hydrogens (tertiary/aromatic N) is 1. The monoisotopic (exact) mass is 507 g/mol. The van der Waals surface area contributed by atoms with Gasteiger partial charge in [0, 0.05) is 20.2 Å². The van der Waals surface area contributed by atoms with Gasteiger partial charge < -0.3 is 24.8 Å². The molecule has 1 rings (SSSR count). The van der Waals surface area contributed by atoms with Crippen molar-refractivity contribution in [1.82, 2.24) is 10.6 Å². The molecule has 0 aliphatic heterocycles. The van der Waals surface area contributed by atoms with Crippen LogP contribution in [0.1, 0.15) is 43.6 Å². The van der Waals surface area contributed by atoms with E-state index in [1.54, 1.807) is 19.2 Å². The van der Waals surface area contributed by atoms with Gasteiger partial charge >= 0.3 is 5.97 Å². The topological polar surface area (TPSA) is 81.2 Å². The summed E-state index contributed by atoms with van der Waals surface area (Å²) >= 11 is 0. The van der Waals surface area contributed by atoms with Gasteiger partial charge in [-0.1, -0.05) is 26.8 Å². The van der Waals surface area contributed by atoms with Crippen molar-refractivity contribution >= 4 is 35.9 Å². The molecule has 0 bridgehead atoms. The molecule has 8 heteroatoms. The van der Waals surface area contributed by atoms with Crippen LogP contribution in [0.25, 0.3) is 0 Å². The lowest BCUT2D eigenvalue weighted by atomic mass is 9.89. The highest BCUT2D eigenvalue weighted by Crippen LogP contribution is 2.22. The number of methoxy groups -OCH3 is 3. The van der Waals surface area contributed by atoms with E-state index in [0.717, 1.165) is 12.1 Å². The summed E-state index contributed by atoms with van der Waals surface area (Å²) in [6, 6.07) is 5.37. The molecule has 1 unspecified atom stereocenters. The lowest BCUT2D eigenvalue weighted by Gasteiger charge is -2.30. The van der Waals surface area contributed by atoms with Crippen LogP contribution in [0.3, 0.4) is 0 Å². The second kappa shape index (κ2) is 12.8. The van der Waals surface area contributed by atoms with Crippen LogP contribution in [0.15, 0.2) is 23.2 Å². The normalized spacial score (nSPS) is 12.6. The fourth-order valence-corrected chi connectivity index (χ4v) is 2.57. The van der Waals surface area contributed by atoms with E-state index in [0.29, 0.717) is 30.4 Å². The van der Waals surface area contributed by atoms with E-state index in [1.807, 2.05) is 13.0 Å². The summed E-state index contributed by atoms with van der Waals surface area (Å²) in [6.07, 6.45) is 0.0493. The summed E-state index contributed by atoms with van der Waals surface area (Å²) in [5, 5.41) is 6.54. The number of carbonyl (C=O) groups excluding carboxylic acids is 1. The highest BCUT2D eigenvalue weighted by Gasteiger charge is 2.24. The number of halogens is 1. The van der Waals surface area contributed by atoms with Gasteiger partial charge in [0.05, 0.1) is 26.9 Å². The molecule has 0 radical (unpaired) electrons. The maximum Gasteiger partial charge on any atom is 0.341 e. The minimum atomic E-state index is -0.434. The van der Waals surface area contributed by atoms with Crippen LogP contribution in [0.2, 0.25) is 0 Å². The van der Waals surface area contributed by atoms with E-state index in [2.05, 4.69) is 36.4 Å². The first-order chi connectivity index (χ1) is 12.8. The van der Waals surface area contributed by atoms with Gasteiger partial charge in [-0.25, -0.2) is 9.79 Å². The summed E-state index contributed by atoms with van der Waals surface area (Å²) in [4.78, 5) is 16.5. The molecule has 0 fully saturated rings. The van der Waals surface area contributed by atoms with Gasteiger partial charge in [0.25, 0.3) is 0 Å². The number of hydrogen-bond acceptors (Lipinski definition) is 5. The molecular weight excluding hydrogens is 473 g/mol. The highest BCUT2D eigenvalue weighted by atomic mass is 127. The lowest BCUT2D eigenvalue weighted by Crippen LogP contribution is -2.45. The van der Waals surface area contributed by atoms with Crippen molar-refractivity contribution in [1.29, 1.82) is 0 Å². The van der Waals surface area contributed by atoms with Crippen molar-refractivity contribution in [2.45, 2.75) is 40.3 Å². The smallest absolute Gasteiger partial charge is 0.341 e. The predicted octanol–water partition coefficient (Wildman–Crippen LogP) is 3.22. The summed E-state index contributed by atoms with van der Waals surface area (Å²) in [5.74, 6) is 0.739. The molecule has 0 spiro atoms. The van der Waals surface area contributed by atoms with Crippen LogP contribution < -0.4 is 15.4 Å². The SMILES string of the molecule is CCNC(=NCc1ccc(OC)c(C(=O)OC)c1)NCC(OC)C(C)(C)C.I. The van der Waals surface area contributed by atoms with Crippen LogP contribution in [0.4, 0.5) is 0 Å². The van der Waals surface area contributed by atoms with Crippen molar-refractivity contribution in [3.8, 4) is 5.75 Å². The van der Waals surface area contributed by atoms with Crippen molar-refractivity contribution in [3.63, 3.8) is 0 Å². The van der Waals surface area contributed by atoms with Crippen LogP contribution >= 0.6 is 24.0 Å². The van der Waals surface area contributed by atoms with E-state index < -0.39 is 5.97 Å². The number of benzene rings is 1. The number of guanidine groups is 1. The van der Waals surface area contributed by atoms with E-state index in [1.165, 1.54) is 14.2 Å². The molecule has 0 aromatic heterocycles. The molecule has 2 N–H and O–H groups in total. The fraction of sp³-hybridized carbons (Fsp3) is 0.600. The quantitative estimate of drug-likeness (QED) is 0.244. The number of aliphatic imine (C=N–C) groups is 1. The van der Waals surface area contributed by atoms with Gasteiger partial charge in [0.15, 0.2) is 5.96 Å². The number of rotatable bonds is 8. The Morgan fingerprint density at radius 2 is 1.86 bits per heavy atom. The van der Waals surface area contributed by atoms with Gasteiger partial charge in [-0.3, -0.25) is 0 Å². The van der Waals surface area contributed by atoms with Crippen molar-refractivity contribution in [2.24, 2.45) is 10.4 Å². The highest BCUT2D eigenvalue weighted by molar-refractivity contribution is 14.0. The third kappa shape index (κ3) is 8.22. The van der Waals surface area contributed by atoms with Crippen molar-refractivity contribution in [3.05, 3.63) is 29.3 Å². The Hall–Kier alpha value is -1.55. The second-order valence-corrected chi connectivity index (χ2v) is 7.19. The number of nitrogens with one attached hydrogen (secondary N) is 2. The van der Waals surface area contributed by atoms with Gasteiger partial charge in [-0.15, -0.1) is 24.0 Å². The fourth-order valence-electron chi connectivity index (χ4n) is 2.57. The van der Waals surface area contributed by atoms with E-state index in [9.17, 15) is 4.79 Å². The van der Waals surface area contributed by atoms with E-state index in [4.69, 9.17) is 14.2 Å². The van der Waals surface area contributed by atoms with Crippen LogP contribution in [-0.2, 0) is 16.0 Å². The Bertz CT molecular complexity index is 645.